The van der Waals surface area contributed by atoms with Crippen LogP contribution >= 0.6 is 0 Å². The van der Waals surface area contributed by atoms with E-state index in [9.17, 15) is 19.2 Å². The highest BCUT2D eigenvalue weighted by Gasteiger charge is 2.31. The van der Waals surface area contributed by atoms with Crippen molar-refractivity contribution in [1.29, 1.82) is 0 Å². The van der Waals surface area contributed by atoms with E-state index in [2.05, 4.69) is 21.3 Å². The van der Waals surface area contributed by atoms with Gasteiger partial charge in [0.05, 0.1) is 12.3 Å². The van der Waals surface area contributed by atoms with E-state index in [1.54, 1.807) is 72.8 Å². The third-order valence-electron chi connectivity index (χ3n) is 8.08. The Morgan fingerprint density at radius 3 is 1.58 bits per heavy atom. The highest BCUT2D eigenvalue weighted by Crippen LogP contribution is 2.47. The van der Waals surface area contributed by atoms with Gasteiger partial charge >= 0.3 is 0 Å². The van der Waals surface area contributed by atoms with Gasteiger partial charge in [0.25, 0.3) is 11.8 Å². The molecule has 260 valence electrons. The van der Waals surface area contributed by atoms with E-state index in [0.29, 0.717) is 51.8 Å². The van der Waals surface area contributed by atoms with Crippen molar-refractivity contribution in [2.45, 2.75) is 27.7 Å². The Morgan fingerprint density at radius 2 is 1.10 bits per heavy atom. The van der Waals surface area contributed by atoms with Crippen LogP contribution in [0.1, 0.15) is 47.1 Å². The number of fused-ring (bicyclic) bond motifs is 4. The zero-order valence-electron chi connectivity index (χ0n) is 28.5. The van der Waals surface area contributed by atoms with Crippen LogP contribution in [0.2, 0.25) is 0 Å². The minimum absolute atomic E-state index is 0.0916. The first-order valence-electron chi connectivity index (χ1n) is 16.4. The smallest absolute Gasteiger partial charge is 0.255 e. The number of hydrogen-bond donors (Lipinski definition) is 4. The molecule has 0 bridgehead atoms. The van der Waals surface area contributed by atoms with Crippen LogP contribution < -0.4 is 46.2 Å². The fourth-order valence-corrected chi connectivity index (χ4v) is 5.77. The first-order chi connectivity index (χ1) is 25.1. The first kappa shape index (κ1) is 33.5. The average Bonchev–Trinajstić information content (AvgIpc) is 3.13. The molecule has 4 amide bonds. The molecule has 7 rings (SSSR count). The molecule has 4 N–H and O–H groups in total. The summed E-state index contributed by atoms with van der Waals surface area (Å²) < 4.78 is 18.8. The summed E-state index contributed by atoms with van der Waals surface area (Å²) >= 11 is 0. The molecule has 0 saturated heterocycles. The van der Waals surface area contributed by atoms with Gasteiger partial charge < -0.3 is 35.5 Å². The van der Waals surface area contributed by atoms with E-state index in [1.165, 1.54) is 13.8 Å². The third kappa shape index (κ3) is 6.50. The molecule has 0 radical (unpaired) electrons. The third-order valence-corrected chi connectivity index (χ3v) is 8.08. The fraction of sp³-hybridized carbons (Fsp3) is 0.128. The number of carbonyl (C=O) groups excluding carboxylic acids is 4. The Bertz CT molecular complexity index is 2430. The molecule has 52 heavy (non-hydrogen) atoms. The topological polar surface area (TPSA) is 169 Å². The second-order valence-corrected chi connectivity index (χ2v) is 11.9. The van der Waals surface area contributed by atoms with Gasteiger partial charge in [-0.05, 0) is 49.7 Å². The molecule has 2 aliphatic rings. The molecule has 0 saturated carbocycles. The molecule has 0 unspecified atom stereocenters. The van der Waals surface area contributed by atoms with Crippen molar-refractivity contribution in [2.24, 2.45) is 9.98 Å². The van der Waals surface area contributed by atoms with E-state index in [1.807, 2.05) is 26.0 Å². The average molecular weight is 697 g/mol. The number of aryl methyl sites for hydroxylation is 1. The van der Waals surface area contributed by atoms with Crippen molar-refractivity contribution in [1.82, 2.24) is 0 Å². The lowest BCUT2D eigenvalue weighted by molar-refractivity contribution is -0.115. The van der Waals surface area contributed by atoms with Gasteiger partial charge in [0.15, 0.2) is 23.0 Å². The molecule has 13 nitrogen and oxygen atoms in total. The van der Waals surface area contributed by atoms with E-state index in [-0.39, 0.29) is 56.9 Å². The molecule has 0 fully saturated rings. The molecule has 2 heterocycles. The number of anilines is 4. The van der Waals surface area contributed by atoms with Crippen LogP contribution in [-0.2, 0) is 9.59 Å². The Kier molecular flexibility index (Phi) is 8.83. The number of ether oxygens (including phenoxy) is 3. The number of benzene rings is 5. The number of rotatable bonds is 8. The molecule has 0 spiro atoms. The normalized spacial score (nSPS) is 11.7. The second-order valence-electron chi connectivity index (χ2n) is 11.9. The Morgan fingerprint density at radius 1 is 0.635 bits per heavy atom. The molecule has 13 heteroatoms. The van der Waals surface area contributed by atoms with Gasteiger partial charge in [-0.2, -0.15) is 0 Å². The Hall–Kier alpha value is -7.02. The summed E-state index contributed by atoms with van der Waals surface area (Å²) in [5.74, 6) is -0.461. The fourth-order valence-electron chi connectivity index (χ4n) is 5.77. The lowest BCUT2D eigenvalue weighted by Gasteiger charge is -2.25. The van der Waals surface area contributed by atoms with Crippen LogP contribution in [0.4, 0.5) is 34.1 Å². The lowest BCUT2D eigenvalue weighted by atomic mass is 10.1. The molecule has 0 aliphatic carbocycles. The predicted octanol–water partition coefficient (Wildman–Crippen LogP) is 6.93. The number of nitrogens with one attached hydrogen (secondary N) is 4. The minimum Gasteiger partial charge on any atom is -0.492 e. The van der Waals surface area contributed by atoms with Crippen molar-refractivity contribution in [3.8, 4) is 28.7 Å². The molecular weight excluding hydrogens is 664 g/mol. The van der Waals surface area contributed by atoms with Gasteiger partial charge in [0.2, 0.25) is 11.8 Å². The van der Waals surface area contributed by atoms with Gasteiger partial charge in [-0.1, -0.05) is 36.4 Å². The number of hydrogen-bond acceptors (Lipinski definition) is 9. The van der Waals surface area contributed by atoms with Crippen LogP contribution in [0, 0.1) is 6.92 Å². The monoisotopic (exact) mass is 696 g/mol. The highest BCUT2D eigenvalue weighted by molar-refractivity contribution is 6.06. The number of nitrogens with zero attached hydrogens (tertiary/aromatic N) is 2. The highest BCUT2D eigenvalue weighted by atomic mass is 16.5. The molecular formula is C39H32N6O7. The zero-order valence-corrected chi connectivity index (χ0v) is 28.5. The number of amides is 4. The quantitative estimate of drug-likeness (QED) is 0.125. The van der Waals surface area contributed by atoms with Crippen LogP contribution in [0.5, 0.6) is 28.7 Å². The SMILES string of the molecule is CCOc1cc2c(cc1NC(=O)c1ccccc1)Oc1c(NC(C)=O)c3c(c(NC(C)=O)c1=N2)Oc1cc(NC(=O)c2ccccc2)c(C)cc1N=3. The largest absolute Gasteiger partial charge is 0.492 e. The maximum atomic E-state index is 13.1. The first-order valence-corrected chi connectivity index (χ1v) is 16.4. The van der Waals surface area contributed by atoms with Gasteiger partial charge in [-0.3, -0.25) is 19.2 Å². The van der Waals surface area contributed by atoms with Crippen molar-refractivity contribution in [3.63, 3.8) is 0 Å². The van der Waals surface area contributed by atoms with Crippen LogP contribution in [0.15, 0.2) is 94.9 Å². The van der Waals surface area contributed by atoms with Gasteiger partial charge in [0.1, 0.15) is 39.2 Å². The van der Waals surface area contributed by atoms with E-state index < -0.39 is 11.8 Å². The molecule has 2 aliphatic heterocycles. The zero-order chi connectivity index (χ0) is 36.5. The molecule has 0 aromatic heterocycles. The van der Waals surface area contributed by atoms with Crippen molar-refractivity contribution in [3.05, 3.63) is 112 Å². The van der Waals surface area contributed by atoms with Crippen molar-refractivity contribution >= 4 is 57.8 Å². The maximum Gasteiger partial charge on any atom is 0.255 e. The summed E-state index contributed by atoms with van der Waals surface area (Å²) in [6, 6.07) is 24.1. The predicted molar refractivity (Wildman–Crippen MR) is 194 cm³/mol. The summed E-state index contributed by atoms with van der Waals surface area (Å²) in [6.45, 7) is 6.60. The summed E-state index contributed by atoms with van der Waals surface area (Å²) in [7, 11) is 0. The maximum absolute atomic E-state index is 13.1. The van der Waals surface area contributed by atoms with Gasteiger partial charge in [-0.25, -0.2) is 9.98 Å². The van der Waals surface area contributed by atoms with Crippen molar-refractivity contribution < 1.29 is 33.4 Å². The summed E-state index contributed by atoms with van der Waals surface area (Å²) in [5, 5.41) is 11.8. The molecule has 5 aromatic carbocycles. The summed E-state index contributed by atoms with van der Waals surface area (Å²) in [4.78, 5) is 61.1. The van der Waals surface area contributed by atoms with E-state index >= 15 is 0 Å². The lowest BCUT2D eigenvalue weighted by Crippen LogP contribution is -2.29. The van der Waals surface area contributed by atoms with Crippen LogP contribution in [-0.4, -0.2) is 30.2 Å². The summed E-state index contributed by atoms with van der Waals surface area (Å²) in [5.41, 5.74) is 3.48. The van der Waals surface area contributed by atoms with E-state index in [0.717, 1.165) is 0 Å². The van der Waals surface area contributed by atoms with Crippen LogP contribution in [0.25, 0.3) is 0 Å². The minimum atomic E-state index is -0.430. The molecule has 0 atom stereocenters. The van der Waals surface area contributed by atoms with E-state index in [4.69, 9.17) is 24.2 Å². The number of carbonyl (C=O) groups is 4. The Balaban J connectivity index is 1.37. The van der Waals surface area contributed by atoms with Gasteiger partial charge in [0, 0.05) is 48.9 Å². The standard InChI is InChI=1S/C39H32N6O7/c1-5-50-29-18-28-31(19-27(29)45-39(49)24-14-10-7-11-15-24)52-37-32(40-21(3)46)34-36(33(35(37)43-28)41-22(4)47)51-30-17-25(20(2)16-26(30)42-34)44-38(48)23-12-8-6-9-13-23/h6-19H,5H2,1-4H3,(H,40,46)(H,41,47)(H,44,48)(H,45,49). The Labute approximate surface area is 297 Å². The van der Waals surface area contributed by atoms with Crippen molar-refractivity contribution in [2.75, 3.05) is 27.9 Å². The van der Waals surface area contributed by atoms with Gasteiger partial charge in [-0.15, -0.1) is 0 Å². The molecule has 5 aromatic rings. The summed E-state index contributed by atoms with van der Waals surface area (Å²) in [6.07, 6.45) is 0. The van der Waals surface area contributed by atoms with Crippen LogP contribution in [0.3, 0.4) is 0 Å². The second kappa shape index (κ2) is 13.7.